The first-order chi connectivity index (χ1) is 6.15. The van der Waals surface area contributed by atoms with E-state index in [2.05, 4.69) is 10.5 Å². The maximum absolute atomic E-state index is 9.44. The van der Waals surface area contributed by atoms with Crippen LogP contribution in [0.3, 0.4) is 0 Å². The lowest BCUT2D eigenvalue weighted by Crippen LogP contribution is -1.95. The molecule has 0 atom stereocenters. The van der Waals surface area contributed by atoms with Crippen LogP contribution in [0.4, 0.5) is 0 Å². The zero-order valence-corrected chi connectivity index (χ0v) is 8.39. The Labute approximate surface area is 86.0 Å². The minimum atomic E-state index is -0.0231. The van der Waals surface area contributed by atoms with Crippen molar-refractivity contribution in [2.75, 3.05) is 7.05 Å². The highest BCUT2D eigenvalue weighted by atomic mass is 35.5. The van der Waals surface area contributed by atoms with Crippen LogP contribution in [0.5, 0.6) is 5.75 Å². The summed E-state index contributed by atoms with van der Waals surface area (Å²) in [5.41, 5.74) is 3.03. The van der Waals surface area contributed by atoms with Gasteiger partial charge in [0.15, 0.2) is 0 Å². The number of aromatic hydroxyl groups is 1. The highest BCUT2D eigenvalue weighted by molar-refractivity contribution is 6.36. The van der Waals surface area contributed by atoms with E-state index in [1.54, 1.807) is 13.1 Å². The first-order valence-corrected chi connectivity index (χ1v) is 4.28. The van der Waals surface area contributed by atoms with Gasteiger partial charge in [-0.3, -0.25) is 0 Å². The molecule has 0 aliphatic rings. The molecule has 0 unspecified atom stereocenters. The molecule has 0 amide bonds. The number of hydrogen-bond donors (Lipinski definition) is 2. The van der Waals surface area contributed by atoms with Crippen molar-refractivity contribution in [3.05, 3.63) is 27.7 Å². The Bertz CT molecular complexity index is 339. The molecule has 1 aromatic rings. The predicted molar refractivity (Wildman–Crippen MR) is 54.8 cm³/mol. The van der Waals surface area contributed by atoms with E-state index in [9.17, 15) is 5.11 Å². The van der Waals surface area contributed by atoms with Crippen LogP contribution in [0.1, 0.15) is 5.56 Å². The van der Waals surface area contributed by atoms with Crippen LogP contribution in [-0.4, -0.2) is 18.4 Å². The Kier molecular flexibility index (Phi) is 3.39. The minimum Gasteiger partial charge on any atom is -0.506 e. The van der Waals surface area contributed by atoms with Gasteiger partial charge in [-0.1, -0.05) is 23.2 Å². The average molecular weight is 219 g/mol. The molecular weight excluding hydrogens is 211 g/mol. The van der Waals surface area contributed by atoms with E-state index in [0.29, 0.717) is 10.6 Å². The second kappa shape index (κ2) is 4.35. The molecule has 70 valence electrons. The molecule has 0 fully saturated rings. The summed E-state index contributed by atoms with van der Waals surface area (Å²) in [6.45, 7) is 0. The molecule has 0 heterocycles. The number of nitrogens with zero attached hydrogens (tertiary/aromatic N) is 1. The summed E-state index contributed by atoms with van der Waals surface area (Å²) in [5, 5.41) is 13.8. The summed E-state index contributed by atoms with van der Waals surface area (Å²) in [7, 11) is 1.65. The molecule has 0 radical (unpaired) electrons. The average Bonchev–Trinajstić information content (AvgIpc) is 2.09. The topological polar surface area (TPSA) is 44.6 Å². The van der Waals surface area contributed by atoms with Crippen molar-refractivity contribution in [1.29, 1.82) is 0 Å². The number of halogens is 2. The summed E-state index contributed by atoms with van der Waals surface area (Å²) in [6, 6.07) is 3.04. The number of nitrogens with one attached hydrogen (secondary N) is 1. The molecule has 5 heteroatoms. The zero-order valence-electron chi connectivity index (χ0n) is 6.88. The van der Waals surface area contributed by atoms with Crippen LogP contribution >= 0.6 is 23.2 Å². The van der Waals surface area contributed by atoms with E-state index in [-0.39, 0.29) is 10.8 Å². The normalized spacial score (nSPS) is 10.7. The molecule has 0 aliphatic carbocycles. The van der Waals surface area contributed by atoms with Crippen molar-refractivity contribution in [2.45, 2.75) is 0 Å². The lowest BCUT2D eigenvalue weighted by Gasteiger charge is -2.01. The number of phenolic OH excluding ortho intramolecular Hbond substituents is 1. The van der Waals surface area contributed by atoms with Gasteiger partial charge in [-0.2, -0.15) is 5.10 Å². The molecule has 1 rings (SSSR count). The Morgan fingerprint density at radius 3 is 2.77 bits per heavy atom. The highest BCUT2D eigenvalue weighted by Gasteiger charge is 2.05. The van der Waals surface area contributed by atoms with Gasteiger partial charge in [-0.05, 0) is 12.1 Å². The predicted octanol–water partition coefficient (Wildman–Crippen LogP) is 2.25. The maximum Gasteiger partial charge on any atom is 0.143 e. The lowest BCUT2D eigenvalue weighted by molar-refractivity contribution is 0.474. The van der Waals surface area contributed by atoms with Gasteiger partial charge in [-0.15, -0.1) is 0 Å². The van der Waals surface area contributed by atoms with Gasteiger partial charge in [0.1, 0.15) is 5.75 Å². The maximum atomic E-state index is 9.44. The summed E-state index contributed by atoms with van der Waals surface area (Å²) in [6.07, 6.45) is 1.44. The first kappa shape index (κ1) is 10.2. The van der Waals surface area contributed by atoms with Crippen molar-refractivity contribution in [3.8, 4) is 5.75 Å². The first-order valence-electron chi connectivity index (χ1n) is 3.53. The van der Waals surface area contributed by atoms with Crippen molar-refractivity contribution < 1.29 is 5.11 Å². The minimum absolute atomic E-state index is 0.0231. The quantitative estimate of drug-likeness (QED) is 0.591. The zero-order chi connectivity index (χ0) is 9.84. The molecule has 2 N–H and O–H groups in total. The van der Waals surface area contributed by atoms with Gasteiger partial charge in [0.25, 0.3) is 0 Å². The van der Waals surface area contributed by atoms with Gasteiger partial charge in [-0.25, -0.2) is 0 Å². The SMILES string of the molecule is CN/N=C\c1cc(Cl)cc(Cl)c1O. The molecule has 13 heavy (non-hydrogen) atoms. The summed E-state index contributed by atoms with van der Waals surface area (Å²) < 4.78 is 0. The van der Waals surface area contributed by atoms with Crippen LogP contribution < -0.4 is 5.43 Å². The van der Waals surface area contributed by atoms with Gasteiger partial charge >= 0.3 is 0 Å². The standard InChI is InChI=1S/C8H8Cl2N2O/c1-11-12-4-5-2-6(9)3-7(10)8(5)13/h2-4,11,13H,1H3/b12-4-. The Morgan fingerprint density at radius 2 is 2.15 bits per heavy atom. The summed E-state index contributed by atoms with van der Waals surface area (Å²) >= 11 is 11.4. The molecule has 0 spiro atoms. The lowest BCUT2D eigenvalue weighted by atomic mass is 10.2. The third kappa shape index (κ3) is 2.50. The highest BCUT2D eigenvalue weighted by Crippen LogP contribution is 2.29. The second-order valence-corrected chi connectivity index (χ2v) is 3.15. The van der Waals surface area contributed by atoms with Crippen LogP contribution in [0, 0.1) is 0 Å². The van der Waals surface area contributed by atoms with Gasteiger partial charge < -0.3 is 10.5 Å². The molecule has 1 aromatic carbocycles. The van der Waals surface area contributed by atoms with Crippen molar-refractivity contribution in [3.63, 3.8) is 0 Å². The Hall–Kier alpha value is -0.930. The van der Waals surface area contributed by atoms with Crippen LogP contribution in [0.25, 0.3) is 0 Å². The van der Waals surface area contributed by atoms with Crippen molar-refractivity contribution in [1.82, 2.24) is 5.43 Å². The molecule has 0 aromatic heterocycles. The molecular formula is C8H8Cl2N2O. The number of benzene rings is 1. The van der Waals surface area contributed by atoms with Gasteiger partial charge in [0.05, 0.1) is 11.2 Å². The Morgan fingerprint density at radius 1 is 1.46 bits per heavy atom. The molecule has 0 bridgehead atoms. The van der Waals surface area contributed by atoms with E-state index in [1.807, 2.05) is 0 Å². The van der Waals surface area contributed by atoms with Crippen LogP contribution in [0.15, 0.2) is 17.2 Å². The van der Waals surface area contributed by atoms with Gasteiger partial charge in [0.2, 0.25) is 0 Å². The monoisotopic (exact) mass is 218 g/mol. The third-order valence-corrected chi connectivity index (χ3v) is 1.90. The second-order valence-electron chi connectivity index (χ2n) is 2.31. The number of phenols is 1. The van der Waals surface area contributed by atoms with E-state index in [4.69, 9.17) is 23.2 Å². The third-order valence-electron chi connectivity index (χ3n) is 1.39. The molecule has 3 nitrogen and oxygen atoms in total. The van der Waals surface area contributed by atoms with E-state index in [1.165, 1.54) is 12.3 Å². The Balaban J connectivity index is 3.12. The largest absolute Gasteiger partial charge is 0.506 e. The fraction of sp³-hybridized carbons (Fsp3) is 0.125. The van der Waals surface area contributed by atoms with E-state index < -0.39 is 0 Å². The number of rotatable bonds is 2. The van der Waals surface area contributed by atoms with Crippen molar-refractivity contribution >= 4 is 29.4 Å². The van der Waals surface area contributed by atoms with Gasteiger partial charge in [0, 0.05) is 17.6 Å². The summed E-state index contributed by atoms with van der Waals surface area (Å²) in [5.74, 6) is -0.0231. The van der Waals surface area contributed by atoms with Crippen LogP contribution in [0.2, 0.25) is 10.0 Å². The smallest absolute Gasteiger partial charge is 0.143 e. The van der Waals surface area contributed by atoms with Crippen LogP contribution in [-0.2, 0) is 0 Å². The number of hydrazone groups is 1. The fourth-order valence-electron chi connectivity index (χ4n) is 0.818. The fourth-order valence-corrected chi connectivity index (χ4v) is 1.33. The summed E-state index contributed by atoms with van der Waals surface area (Å²) in [4.78, 5) is 0. The molecule has 0 aliphatic heterocycles. The molecule has 0 saturated carbocycles. The van der Waals surface area contributed by atoms with Crippen molar-refractivity contribution in [2.24, 2.45) is 5.10 Å². The molecule has 0 saturated heterocycles. The number of hydrogen-bond acceptors (Lipinski definition) is 3. The van der Waals surface area contributed by atoms with E-state index in [0.717, 1.165) is 0 Å². The van der Waals surface area contributed by atoms with E-state index >= 15 is 0 Å².